The van der Waals surface area contributed by atoms with Gasteiger partial charge in [0.25, 0.3) is 0 Å². The molecular formula is C36H68O12S. The first-order valence-corrected chi connectivity index (χ1v) is 20.3. The van der Waals surface area contributed by atoms with Gasteiger partial charge in [-0.3, -0.25) is 9.35 Å². The number of carbonyl (C=O) groups excluding carboxylic acids is 1. The van der Waals surface area contributed by atoms with Crippen LogP contribution in [0.4, 0.5) is 0 Å². The third kappa shape index (κ3) is 23.8. The third-order valence-electron chi connectivity index (χ3n) is 8.64. The van der Waals surface area contributed by atoms with E-state index in [1.54, 1.807) is 0 Å². The van der Waals surface area contributed by atoms with Gasteiger partial charge in [-0.1, -0.05) is 116 Å². The molecule has 12 nitrogen and oxygen atoms in total. The summed E-state index contributed by atoms with van der Waals surface area (Å²) in [5.74, 6) is -0.425. The van der Waals surface area contributed by atoms with E-state index < -0.39 is 59.8 Å². The Morgan fingerprint density at radius 2 is 1.29 bits per heavy atom. The lowest BCUT2D eigenvalue weighted by Gasteiger charge is -2.41. The lowest BCUT2D eigenvalue weighted by atomic mass is 9.99. The predicted molar refractivity (Wildman–Crippen MR) is 188 cm³/mol. The molecule has 1 rings (SSSR count). The molecule has 0 aromatic rings. The van der Waals surface area contributed by atoms with Gasteiger partial charge >= 0.3 is 16.4 Å². The molecule has 0 aromatic heterocycles. The average molecular weight is 725 g/mol. The van der Waals surface area contributed by atoms with E-state index in [9.17, 15) is 28.5 Å². The number of aliphatic hydroxyl groups excluding tert-OH is 3. The second kappa shape index (κ2) is 29.4. The molecular weight excluding hydrogens is 656 g/mol. The molecule has 1 fully saturated rings. The molecule has 0 spiro atoms. The summed E-state index contributed by atoms with van der Waals surface area (Å²) in [7, 11) is -5.04. The third-order valence-corrected chi connectivity index (χ3v) is 9.10. The molecule has 49 heavy (non-hydrogen) atoms. The number of hydrogen-bond acceptors (Lipinski definition) is 11. The number of unbranched alkanes of at least 4 members (excludes halogenated alkanes) is 17. The Morgan fingerprint density at radius 3 is 1.84 bits per heavy atom. The zero-order valence-corrected chi connectivity index (χ0v) is 31.1. The van der Waals surface area contributed by atoms with E-state index in [0.717, 1.165) is 32.1 Å². The highest BCUT2D eigenvalue weighted by molar-refractivity contribution is 7.80. The van der Waals surface area contributed by atoms with Crippen LogP contribution in [0.25, 0.3) is 0 Å². The van der Waals surface area contributed by atoms with Crippen LogP contribution in [-0.4, -0.2) is 97.5 Å². The fourth-order valence-corrected chi connectivity index (χ4v) is 6.23. The maximum absolute atomic E-state index is 12.4. The minimum atomic E-state index is -5.04. The van der Waals surface area contributed by atoms with Crippen molar-refractivity contribution in [2.24, 2.45) is 0 Å². The van der Waals surface area contributed by atoms with Crippen LogP contribution in [0.1, 0.15) is 149 Å². The van der Waals surface area contributed by atoms with Crippen LogP contribution in [-0.2, 0) is 38.3 Å². The molecule has 6 atom stereocenters. The van der Waals surface area contributed by atoms with Crippen molar-refractivity contribution in [3.63, 3.8) is 0 Å². The number of rotatable bonds is 32. The summed E-state index contributed by atoms with van der Waals surface area (Å²) >= 11 is 0. The van der Waals surface area contributed by atoms with Crippen molar-refractivity contribution in [1.29, 1.82) is 0 Å². The molecule has 1 saturated heterocycles. The van der Waals surface area contributed by atoms with Gasteiger partial charge in [0, 0.05) is 13.0 Å². The maximum atomic E-state index is 12.4. The highest BCUT2D eigenvalue weighted by atomic mass is 32.3. The molecule has 6 unspecified atom stereocenters. The molecule has 1 aliphatic rings. The summed E-state index contributed by atoms with van der Waals surface area (Å²) < 4.78 is 58.3. The molecule has 1 heterocycles. The number of esters is 1. The highest BCUT2D eigenvalue weighted by Gasteiger charge is 2.48. The second-order valence-electron chi connectivity index (χ2n) is 13.2. The van der Waals surface area contributed by atoms with Crippen molar-refractivity contribution >= 4 is 16.4 Å². The number of carbonyl (C=O) groups is 1. The fraction of sp³-hybridized carbons (Fsp3) is 0.917. The van der Waals surface area contributed by atoms with Crippen LogP contribution in [0, 0.1) is 0 Å². The quantitative estimate of drug-likeness (QED) is 0.0262. The van der Waals surface area contributed by atoms with E-state index in [1.807, 2.05) is 6.92 Å². The standard InChI is InChI=1S/C36H68O12S/c1-3-5-7-8-9-10-11-12-13-14-15-16-17-18-19-20-21-22-24-26-44-28-30(46-32(38)25-23-6-4-2)29-45-36-34(40)35(48-49(41,42)43)33(39)31(27-37)47-36/h13-14,30-31,33-37,39-40H,3-12,15-29H2,1-2H3,(H,41,42,43)/b14-13-. The summed E-state index contributed by atoms with van der Waals surface area (Å²) in [6.07, 6.45) is 19.3. The predicted octanol–water partition coefficient (Wildman–Crippen LogP) is 6.35. The number of ether oxygens (including phenoxy) is 4. The van der Waals surface area contributed by atoms with Gasteiger partial charge in [-0.05, 0) is 38.5 Å². The lowest BCUT2D eigenvalue weighted by Crippen LogP contribution is -2.60. The fourth-order valence-electron chi connectivity index (χ4n) is 5.72. The normalized spacial score (nSPS) is 22.1. The monoisotopic (exact) mass is 724 g/mol. The molecule has 0 amide bonds. The molecule has 13 heteroatoms. The molecule has 0 aliphatic carbocycles. The Balaban J connectivity index is 2.30. The Kier molecular flexibility index (Phi) is 27.5. The zero-order chi connectivity index (χ0) is 36.2. The average Bonchev–Trinajstić information content (AvgIpc) is 3.06. The number of hydrogen-bond donors (Lipinski definition) is 4. The van der Waals surface area contributed by atoms with Gasteiger partial charge in [0.1, 0.15) is 30.5 Å². The van der Waals surface area contributed by atoms with Gasteiger partial charge in [-0.2, -0.15) is 8.42 Å². The van der Waals surface area contributed by atoms with Gasteiger partial charge in [0.05, 0.1) is 19.8 Å². The van der Waals surface area contributed by atoms with E-state index in [2.05, 4.69) is 23.3 Å². The van der Waals surface area contributed by atoms with E-state index >= 15 is 0 Å². The van der Waals surface area contributed by atoms with Crippen LogP contribution >= 0.6 is 0 Å². The molecule has 0 bridgehead atoms. The van der Waals surface area contributed by atoms with Crippen molar-refractivity contribution in [2.75, 3.05) is 26.4 Å². The smallest absolute Gasteiger partial charge is 0.397 e. The Morgan fingerprint density at radius 1 is 0.755 bits per heavy atom. The Hall–Kier alpha value is -1.16. The molecule has 290 valence electrons. The van der Waals surface area contributed by atoms with Gasteiger partial charge < -0.3 is 34.3 Å². The second-order valence-corrected chi connectivity index (χ2v) is 14.2. The highest BCUT2D eigenvalue weighted by Crippen LogP contribution is 2.26. The van der Waals surface area contributed by atoms with Gasteiger partial charge in [0.15, 0.2) is 6.29 Å². The summed E-state index contributed by atoms with van der Waals surface area (Å²) in [6, 6.07) is 0. The van der Waals surface area contributed by atoms with Crippen molar-refractivity contribution < 1.29 is 56.2 Å². The van der Waals surface area contributed by atoms with Crippen LogP contribution in [0.15, 0.2) is 12.2 Å². The molecule has 4 N–H and O–H groups in total. The zero-order valence-electron chi connectivity index (χ0n) is 30.3. The molecule has 0 radical (unpaired) electrons. The van der Waals surface area contributed by atoms with Crippen molar-refractivity contribution in [2.45, 2.75) is 185 Å². The summed E-state index contributed by atoms with van der Waals surface area (Å²) in [6.45, 7) is 3.78. The first-order valence-electron chi connectivity index (χ1n) is 18.9. The van der Waals surface area contributed by atoms with E-state index in [4.69, 9.17) is 23.5 Å². The van der Waals surface area contributed by atoms with E-state index in [-0.39, 0.29) is 19.6 Å². The van der Waals surface area contributed by atoms with E-state index in [1.165, 1.54) is 89.9 Å². The summed E-state index contributed by atoms with van der Waals surface area (Å²) in [4.78, 5) is 12.4. The maximum Gasteiger partial charge on any atom is 0.397 e. The summed E-state index contributed by atoms with van der Waals surface area (Å²) in [5, 5.41) is 30.3. The lowest BCUT2D eigenvalue weighted by molar-refractivity contribution is -0.301. The topological polar surface area (TPSA) is 178 Å². The number of aliphatic hydroxyl groups is 3. The summed E-state index contributed by atoms with van der Waals surface area (Å²) in [5.41, 5.74) is 0. The van der Waals surface area contributed by atoms with E-state index in [0.29, 0.717) is 13.0 Å². The van der Waals surface area contributed by atoms with Gasteiger partial charge in [-0.25, -0.2) is 4.18 Å². The van der Waals surface area contributed by atoms with Gasteiger partial charge in [-0.15, -0.1) is 0 Å². The van der Waals surface area contributed by atoms with Gasteiger partial charge in [0.2, 0.25) is 0 Å². The van der Waals surface area contributed by atoms with Crippen LogP contribution < -0.4 is 0 Å². The molecule has 1 aliphatic heterocycles. The molecule has 0 saturated carbocycles. The Bertz CT molecular complexity index is 931. The molecule has 0 aromatic carbocycles. The first kappa shape index (κ1) is 45.9. The minimum absolute atomic E-state index is 0.0346. The van der Waals surface area contributed by atoms with Crippen LogP contribution in [0.3, 0.4) is 0 Å². The Labute approximate surface area is 296 Å². The van der Waals surface area contributed by atoms with Crippen LogP contribution in [0.2, 0.25) is 0 Å². The largest absolute Gasteiger partial charge is 0.457 e. The first-order chi connectivity index (χ1) is 23.6. The minimum Gasteiger partial charge on any atom is -0.457 e. The van der Waals surface area contributed by atoms with Crippen molar-refractivity contribution in [1.82, 2.24) is 0 Å². The van der Waals surface area contributed by atoms with Crippen LogP contribution in [0.5, 0.6) is 0 Å². The SMILES string of the molecule is CCCCCCCCC/C=C\CCCCCCCCCCOCC(COC1OC(CO)C(O)C(OS(=O)(=O)O)C1O)OC(=O)CCCCC. The van der Waals surface area contributed by atoms with Crippen molar-refractivity contribution in [3.05, 3.63) is 12.2 Å². The number of allylic oxidation sites excluding steroid dienone is 2. The van der Waals surface area contributed by atoms with Crippen molar-refractivity contribution in [3.8, 4) is 0 Å².